The number of aliphatic hydroxyl groups is 1. The van der Waals surface area contributed by atoms with Crippen LogP contribution >= 0.6 is 0 Å². The Bertz CT molecular complexity index is 1290. The van der Waals surface area contributed by atoms with Crippen LogP contribution in [-0.4, -0.2) is 52.8 Å². The van der Waals surface area contributed by atoms with Gasteiger partial charge in [-0.3, -0.25) is 9.35 Å². The molecule has 0 aromatic heterocycles. The second-order valence-electron chi connectivity index (χ2n) is 7.11. The van der Waals surface area contributed by atoms with Crippen molar-refractivity contribution in [2.75, 3.05) is 5.32 Å². The minimum atomic E-state index is -4.96. The van der Waals surface area contributed by atoms with Gasteiger partial charge in [0.2, 0.25) is 0 Å². The summed E-state index contributed by atoms with van der Waals surface area (Å²) in [5.74, 6) is -4.80. The molecule has 0 spiro atoms. The third kappa shape index (κ3) is 5.52. The highest BCUT2D eigenvalue weighted by Crippen LogP contribution is 2.34. The Labute approximate surface area is 189 Å². The molecule has 3 rings (SSSR count). The van der Waals surface area contributed by atoms with E-state index in [-0.39, 0.29) is 11.1 Å². The van der Waals surface area contributed by atoms with Gasteiger partial charge in [-0.15, -0.1) is 13.2 Å². The number of carboxylic acid groups (broad SMARTS) is 1. The van der Waals surface area contributed by atoms with E-state index in [9.17, 15) is 50.3 Å². The van der Waals surface area contributed by atoms with Gasteiger partial charge < -0.3 is 20.3 Å². The summed E-state index contributed by atoms with van der Waals surface area (Å²) in [7, 11) is -4.96. The van der Waals surface area contributed by atoms with Gasteiger partial charge in [0, 0.05) is 6.42 Å². The van der Waals surface area contributed by atoms with Gasteiger partial charge in [-0.25, -0.2) is 9.18 Å². The van der Waals surface area contributed by atoms with Crippen LogP contribution in [0.3, 0.4) is 0 Å². The molecule has 182 valence electrons. The second kappa shape index (κ2) is 9.04. The van der Waals surface area contributed by atoms with Crippen molar-refractivity contribution >= 4 is 27.7 Å². The number of aliphatic carboxylic acids is 1. The summed E-state index contributed by atoms with van der Waals surface area (Å²) in [6, 6.07) is 7.83. The number of anilines is 1. The van der Waals surface area contributed by atoms with Crippen LogP contribution in [0.5, 0.6) is 5.75 Å². The Hall–Kier alpha value is -3.49. The fourth-order valence-electron chi connectivity index (χ4n) is 3.45. The molecule has 0 aliphatic heterocycles. The molecular formula is C20H15F4NO8S. The number of halogens is 4. The zero-order valence-electron chi connectivity index (χ0n) is 16.7. The fourth-order valence-corrected chi connectivity index (χ4v) is 4.40. The number of benzene rings is 2. The minimum absolute atomic E-state index is 0.112. The van der Waals surface area contributed by atoms with E-state index >= 15 is 0 Å². The molecule has 4 N–H and O–H groups in total. The lowest BCUT2D eigenvalue weighted by Crippen LogP contribution is -2.26. The van der Waals surface area contributed by atoms with Crippen LogP contribution in [0.2, 0.25) is 0 Å². The Morgan fingerprint density at radius 1 is 1.06 bits per heavy atom. The fraction of sp³-hybridized carbons (Fsp3) is 0.200. The van der Waals surface area contributed by atoms with Crippen molar-refractivity contribution in [1.29, 1.82) is 0 Å². The van der Waals surface area contributed by atoms with Gasteiger partial charge in [0.05, 0.1) is 22.9 Å². The molecule has 0 saturated carbocycles. The van der Waals surface area contributed by atoms with Crippen LogP contribution in [-0.2, 0) is 19.7 Å². The molecule has 0 bridgehead atoms. The van der Waals surface area contributed by atoms with Crippen molar-refractivity contribution in [3.05, 3.63) is 59.4 Å². The molecule has 0 saturated heterocycles. The van der Waals surface area contributed by atoms with Crippen molar-refractivity contribution in [3.63, 3.8) is 0 Å². The molecule has 0 fully saturated rings. The van der Waals surface area contributed by atoms with Crippen molar-refractivity contribution in [3.8, 4) is 16.9 Å². The van der Waals surface area contributed by atoms with Gasteiger partial charge >= 0.3 is 12.3 Å². The molecule has 0 heterocycles. The Morgan fingerprint density at radius 2 is 1.71 bits per heavy atom. The highest BCUT2D eigenvalue weighted by atomic mass is 32.2. The number of hydrogen-bond donors (Lipinski definition) is 4. The number of carbonyl (C=O) groups excluding carboxylic acids is 1. The highest BCUT2D eigenvalue weighted by Gasteiger charge is 2.45. The molecule has 1 aliphatic carbocycles. The number of rotatable bonds is 6. The normalized spacial score (nSPS) is 18.6. The summed E-state index contributed by atoms with van der Waals surface area (Å²) < 4.78 is 87.7. The van der Waals surface area contributed by atoms with Crippen LogP contribution in [0.15, 0.2) is 53.6 Å². The standard InChI is InChI=1S/C20H15F4NO8S/c21-12-7-10(9-2-1-3-11(6-9)33-20(22,23)24)4-5-13(12)25-18(27)16-14(26)8-15(34(30,31)32)17(16)19(28)29/h1-7,14-15,26H,8H2,(H,25,27)(H,28,29)(H,30,31,32). The molecule has 2 atom stereocenters. The minimum Gasteiger partial charge on any atom is -0.478 e. The second-order valence-corrected chi connectivity index (χ2v) is 8.71. The van der Waals surface area contributed by atoms with Gasteiger partial charge in [0.15, 0.2) is 0 Å². The molecule has 34 heavy (non-hydrogen) atoms. The molecule has 1 aliphatic rings. The number of alkyl halides is 3. The van der Waals surface area contributed by atoms with Crippen molar-refractivity contribution in [2.24, 2.45) is 0 Å². The maximum Gasteiger partial charge on any atom is 0.573 e. The zero-order valence-corrected chi connectivity index (χ0v) is 17.5. The van der Waals surface area contributed by atoms with Crippen LogP contribution in [0, 0.1) is 5.82 Å². The maximum absolute atomic E-state index is 14.6. The van der Waals surface area contributed by atoms with E-state index in [1.54, 1.807) is 0 Å². The number of carbonyl (C=O) groups is 2. The maximum atomic E-state index is 14.6. The van der Waals surface area contributed by atoms with Crippen LogP contribution < -0.4 is 10.1 Å². The highest BCUT2D eigenvalue weighted by molar-refractivity contribution is 7.86. The molecule has 2 aromatic rings. The third-order valence-corrected chi connectivity index (χ3v) is 5.98. The Kier molecular flexibility index (Phi) is 6.68. The average molecular weight is 505 g/mol. The predicted molar refractivity (Wildman–Crippen MR) is 108 cm³/mol. The molecule has 9 nitrogen and oxygen atoms in total. The Morgan fingerprint density at radius 3 is 2.26 bits per heavy atom. The SMILES string of the molecule is O=C(O)C1=C(C(=O)Nc2ccc(-c3cccc(OC(F)(F)F)c3)cc2F)C(O)CC1S(=O)(=O)O. The summed E-state index contributed by atoms with van der Waals surface area (Å²) in [6.45, 7) is 0. The molecule has 1 amide bonds. The van der Waals surface area contributed by atoms with Crippen LogP contribution in [0.1, 0.15) is 6.42 Å². The zero-order chi connectivity index (χ0) is 25.4. The van der Waals surface area contributed by atoms with Crippen molar-refractivity contribution < 1.29 is 55.1 Å². The van der Waals surface area contributed by atoms with E-state index in [2.05, 4.69) is 4.74 Å². The number of hydrogen-bond acceptors (Lipinski definition) is 6. The van der Waals surface area contributed by atoms with Crippen LogP contribution in [0.25, 0.3) is 11.1 Å². The van der Waals surface area contributed by atoms with E-state index in [0.717, 1.165) is 24.3 Å². The lowest BCUT2D eigenvalue weighted by Gasteiger charge is -2.13. The van der Waals surface area contributed by atoms with Gasteiger partial charge in [-0.05, 0) is 35.4 Å². The van der Waals surface area contributed by atoms with E-state index in [1.165, 1.54) is 18.2 Å². The first kappa shape index (κ1) is 25.1. The number of aliphatic hydroxyl groups excluding tert-OH is 1. The molecule has 2 aromatic carbocycles. The quantitative estimate of drug-likeness (QED) is 0.346. The number of nitrogens with one attached hydrogen (secondary N) is 1. The topological polar surface area (TPSA) is 150 Å². The first-order chi connectivity index (χ1) is 15.7. The average Bonchev–Trinajstić information content (AvgIpc) is 3.06. The molecular weight excluding hydrogens is 490 g/mol. The lowest BCUT2D eigenvalue weighted by atomic mass is 10.0. The van der Waals surface area contributed by atoms with Gasteiger partial charge in [0.1, 0.15) is 16.8 Å². The molecule has 2 unspecified atom stereocenters. The van der Waals surface area contributed by atoms with E-state index < -0.39 is 74.5 Å². The third-order valence-electron chi connectivity index (χ3n) is 4.84. The number of ether oxygens (including phenoxy) is 1. The monoisotopic (exact) mass is 505 g/mol. The van der Waals surface area contributed by atoms with E-state index in [0.29, 0.717) is 0 Å². The Balaban J connectivity index is 1.89. The largest absolute Gasteiger partial charge is 0.573 e. The first-order valence-electron chi connectivity index (χ1n) is 9.26. The van der Waals surface area contributed by atoms with E-state index in [4.69, 9.17) is 0 Å². The van der Waals surface area contributed by atoms with Crippen molar-refractivity contribution in [2.45, 2.75) is 24.1 Å². The number of carboxylic acids is 1. The van der Waals surface area contributed by atoms with Gasteiger partial charge in [-0.2, -0.15) is 8.42 Å². The summed E-state index contributed by atoms with van der Waals surface area (Å²) in [5, 5.41) is 19.3. The van der Waals surface area contributed by atoms with Gasteiger partial charge in [-0.1, -0.05) is 18.2 Å². The smallest absolute Gasteiger partial charge is 0.478 e. The van der Waals surface area contributed by atoms with Gasteiger partial charge in [0.25, 0.3) is 16.0 Å². The molecule has 14 heteroatoms. The predicted octanol–water partition coefficient (Wildman–Crippen LogP) is 2.73. The van der Waals surface area contributed by atoms with Crippen molar-refractivity contribution in [1.82, 2.24) is 0 Å². The van der Waals surface area contributed by atoms with Crippen LogP contribution in [0.4, 0.5) is 23.2 Å². The lowest BCUT2D eigenvalue weighted by molar-refractivity contribution is -0.274. The summed E-state index contributed by atoms with van der Waals surface area (Å²) >= 11 is 0. The first-order valence-corrected chi connectivity index (χ1v) is 10.8. The number of amides is 1. The summed E-state index contributed by atoms with van der Waals surface area (Å²) in [4.78, 5) is 24.0. The van der Waals surface area contributed by atoms with E-state index in [1.807, 2.05) is 5.32 Å². The summed E-state index contributed by atoms with van der Waals surface area (Å²) in [5.41, 5.74) is -2.14. The molecule has 0 radical (unpaired) electrons. The summed E-state index contributed by atoms with van der Waals surface area (Å²) in [6.07, 6.45) is -7.58.